The van der Waals surface area contributed by atoms with Crippen LogP contribution in [0.5, 0.6) is 17.2 Å². The normalized spacial score (nSPS) is 10.7. The van der Waals surface area contributed by atoms with E-state index in [0.29, 0.717) is 46.9 Å². The summed E-state index contributed by atoms with van der Waals surface area (Å²) in [5, 5.41) is 1.13. The quantitative estimate of drug-likeness (QED) is 0.400. The third kappa shape index (κ3) is 6.38. The van der Waals surface area contributed by atoms with E-state index in [-0.39, 0.29) is 24.9 Å². The molecule has 1 amide bonds. The molecule has 0 saturated heterocycles. The monoisotopic (exact) mass is 499 g/mol. The molecular formula is C22H27Cl2N3O4S. The molecule has 3 rings (SSSR count). The lowest BCUT2D eigenvalue weighted by atomic mass is 10.3. The van der Waals surface area contributed by atoms with Crippen LogP contribution < -0.4 is 19.1 Å². The molecule has 1 aromatic heterocycles. The van der Waals surface area contributed by atoms with E-state index >= 15 is 0 Å². The summed E-state index contributed by atoms with van der Waals surface area (Å²) in [5.74, 6) is 1.78. The molecule has 0 saturated carbocycles. The zero-order valence-corrected chi connectivity index (χ0v) is 20.9. The van der Waals surface area contributed by atoms with Crippen LogP contribution >= 0.6 is 35.3 Å². The highest BCUT2D eigenvalue weighted by atomic mass is 35.5. The summed E-state index contributed by atoms with van der Waals surface area (Å²) in [6, 6.07) is 10.7. The van der Waals surface area contributed by atoms with Crippen molar-refractivity contribution < 1.29 is 19.0 Å². The number of carbonyl (C=O) groups excluding carboxylic acids is 1. The van der Waals surface area contributed by atoms with Crippen LogP contribution in [0.25, 0.3) is 10.2 Å². The second kappa shape index (κ2) is 12.1. The average molecular weight is 500 g/mol. The third-order valence-electron chi connectivity index (χ3n) is 4.47. The van der Waals surface area contributed by atoms with E-state index in [1.54, 1.807) is 36.3 Å². The Kier molecular flexibility index (Phi) is 9.84. The number of hydrogen-bond donors (Lipinski definition) is 0. The summed E-state index contributed by atoms with van der Waals surface area (Å²) in [5.41, 5.74) is 0.644. The van der Waals surface area contributed by atoms with Gasteiger partial charge in [-0.1, -0.05) is 22.9 Å². The lowest BCUT2D eigenvalue weighted by molar-refractivity contribution is -0.120. The summed E-state index contributed by atoms with van der Waals surface area (Å²) in [7, 11) is 5.50. The molecule has 174 valence electrons. The van der Waals surface area contributed by atoms with Crippen molar-refractivity contribution in [1.29, 1.82) is 0 Å². The maximum atomic E-state index is 13.1. The Labute approximate surface area is 203 Å². The Bertz CT molecular complexity index is 1030. The smallest absolute Gasteiger partial charge is 0.266 e. The first-order valence-electron chi connectivity index (χ1n) is 9.86. The maximum absolute atomic E-state index is 13.1. The molecule has 3 aromatic rings. The molecule has 0 radical (unpaired) electrons. The number of likely N-dealkylation sites (N-methyl/N-ethyl adjacent to an activating group) is 1. The van der Waals surface area contributed by atoms with Crippen molar-refractivity contribution in [3.63, 3.8) is 0 Å². The first-order valence-corrected chi connectivity index (χ1v) is 11.1. The fraction of sp³-hybridized carbons (Fsp3) is 0.364. The summed E-state index contributed by atoms with van der Waals surface area (Å²) >= 11 is 7.72. The van der Waals surface area contributed by atoms with E-state index in [4.69, 9.17) is 25.8 Å². The number of carbonyl (C=O) groups is 1. The van der Waals surface area contributed by atoms with Gasteiger partial charge in [-0.25, -0.2) is 4.98 Å². The van der Waals surface area contributed by atoms with Crippen molar-refractivity contribution in [2.75, 3.05) is 52.4 Å². The summed E-state index contributed by atoms with van der Waals surface area (Å²) in [6.45, 7) is 3.56. The molecule has 0 fully saturated rings. The molecule has 10 heteroatoms. The molecular weight excluding hydrogens is 473 g/mol. The van der Waals surface area contributed by atoms with Crippen molar-refractivity contribution in [1.82, 2.24) is 9.88 Å². The molecule has 7 nitrogen and oxygen atoms in total. The number of methoxy groups -OCH3 is 1. The zero-order valence-electron chi connectivity index (χ0n) is 18.5. The van der Waals surface area contributed by atoms with Gasteiger partial charge < -0.3 is 19.1 Å². The first-order chi connectivity index (χ1) is 14.9. The third-order valence-corrected chi connectivity index (χ3v) is 6.01. The minimum Gasteiger partial charge on any atom is -0.494 e. The Balaban J connectivity index is 0.00000363. The second-order valence-electron chi connectivity index (χ2n) is 6.97. The molecule has 0 aliphatic rings. The molecule has 0 N–H and O–H groups in total. The molecule has 0 aliphatic carbocycles. The van der Waals surface area contributed by atoms with Gasteiger partial charge in [0.15, 0.2) is 11.7 Å². The van der Waals surface area contributed by atoms with Crippen LogP contribution in [0.2, 0.25) is 5.02 Å². The van der Waals surface area contributed by atoms with Crippen molar-refractivity contribution in [2.45, 2.75) is 6.92 Å². The number of halogens is 2. The SMILES string of the molecule is CCOc1ccc(OCC(=O)N(CCN(C)C)c2nc3c(OC)ccc(Cl)c3s2)cc1.Cl. The van der Waals surface area contributed by atoms with Crippen molar-refractivity contribution in [2.24, 2.45) is 0 Å². The van der Waals surface area contributed by atoms with E-state index in [1.165, 1.54) is 11.3 Å². The Morgan fingerprint density at radius 3 is 2.31 bits per heavy atom. The van der Waals surface area contributed by atoms with Gasteiger partial charge in [-0.3, -0.25) is 9.69 Å². The van der Waals surface area contributed by atoms with Gasteiger partial charge in [0.05, 0.1) is 23.4 Å². The summed E-state index contributed by atoms with van der Waals surface area (Å²) < 4.78 is 17.3. The van der Waals surface area contributed by atoms with Crippen molar-refractivity contribution >= 4 is 56.6 Å². The fourth-order valence-corrected chi connectivity index (χ4v) is 4.17. The highest BCUT2D eigenvalue weighted by molar-refractivity contribution is 7.23. The average Bonchev–Trinajstić information content (AvgIpc) is 3.20. The molecule has 0 atom stereocenters. The predicted octanol–water partition coefficient (Wildman–Crippen LogP) is 4.75. The van der Waals surface area contributed by atoms with Gasteiger partial charge in [0, 0.05) is 13.1 Å². The molecule has 0 aliphatic heterocycles. The van der Waals surface area contributed by atoms with E-state index < -0.39 is 0 Å². The second-order valence-corrected chi connectivity index (χ2v) is 8.35. The lowest BCUT2D eigenvalue weighted by Crippen LogP contribution is -2.39. The van der Waals surface area contributed by atoms with E-state index in [0.717, 1.165) is 10.4 Å². The summed E-state index contributed by atoms with van der Waals surface area (Å²) in [6.07, 6.45) is 0. The van der Waals surface area contributed by atoms with Gasteiger partial charge in [0.1, 0.15) is 22.8 Å². The van der Waals surface area contributed by atoms with Crippen molar-refractivity contribution in [3.05, 3.63) is 41.4 Å². The van der Waals surface area contributed by atoms with Crippen LogP contribution in [0.15, 0.2) is 36.4 Å². The van der Waals surface area contributed by atoms with Gasteiger partial charge >= 0.3 is 0 Å². The number of aromatic nitrogens is 1. The molecule has 0 spiro atoms. The number of fused-ring (bicyclic) bond motifs is 1. The molecule has 1 heterocycles. The van der Waals surface area contributed by atoms with Gasteiger partial charge in [0.25, 0.3) is 5.91 Å². The topological polar surface area (TPSA) is 64.1 Å². The minimum absolute atomic E-state index is 0. The number of amides is 1. The Morgan fingerprint density at radius 2 is 1.72 bits per heavy atom. The van der Waals surface area contributed by atoms with Crippen LogP contribution in [0.3, 0.4) is 0 Å². The largest absolute Gasteiger partial charge is 0.494 e. The lowest BCUT2D eigenvalue weighted by Gasteiger charge is -2.22. The number of benzene rings is 2. The number of anilines is 1. The van der Waals surface area contributed by atoms with Gasteiger partial charge in [0.2, 0.25) is 0 Å². The number of thiazole rings is 1. The van der Waals surface area contributed by atoms with Crippen LogP contribution in [-0.2, 0) is 4.79 Å². The number of hydrogen-bond acceptors (Lipinski definition) is 7. The highest BCUT2D eigenvalue weighted by Gasteiger charge is 2.22. The van der Waals surface area contributed by atoms with Crippen LogP contribution in [0.1, 0.15) is 6.92 Å². The van der Waals surface area contributed by atoms with Gasteiger partial charge in [-0.2, -0.15) is 0 Å². The standard InChI is InChI=1S/C22H26ClN3O4S.ClH/c1-5-29-15-6-8-16(9-7-15)30-14-19(27)26(13-12-25(2)3)22-24-20-18(28-4)11-10-17(23)21(20)31-22;/h6-11H,5,12-14H2,1-4H3;1H. The van der Waals surface area contributed by atoms with Crippen molar-refractivity contribution in [3.8, 4) is 17.2 Å². The summed E-state index contributed by atoms with van der Waals surface area (Å²) in [4.78, 5) is 21.4. The van der Waals surface area contributed by atoms with Crippen LogP contribution in [0, 0.1) is 0 Å². The number of nitrogens with zero attached hydrogens (tertiary/aromatic N) is 3. The molecule has 32 heavy (non-hydrogen) atoms. The number of ether oxygens (including phenoxy) is 3. The van der Waals surface area contributed by atoms with Gasteiger partial charge in [-0.15, -0.1) is 12.4 Å². The van der Waals surface area contributed by atoms with Crippen LogP contribution in [0.4, 0.5) is 5.13 Å². The Hall–Kier alpha value is -2.26. The van der Waals surface area contributed by atoms with E-state index in [1.807, 2.05) is 38.1 Å². The molecule has 0 unspecified atom stereocenters. The molecule has 2 aromatic carbocycles. The number of rotatable bonds is 10. The zero-order chi connectivity index (χ0) is 22.4. The molecule has 0 bridgehead atoms. The van der Waals surface area contributed by atoms with Crippen LogP contribution in [-0.4, -0.2) is 63.3 Å². The van der Waals surface area contributed by atoms with Gasteiger partial charge in [-0.05, 0) is 57.4 Å². The highest BCUT2D eigenvalue weighted by Crippen LogP contribution is 2.38. The van der Waals surface area contributed by atoms with E-state index in [9.17, 15) is 4.79 Å². The Morgan fingerprint density at radius 1 is 1.06 bits per heavy atom. The first kappa shape index (κ1) is 26.0. The fourth-order valence-electron chi connectivity index (χ4n) is 2.87. The predicted molar refractivity (Wildman–Crippen MR) is 132 cm³/mol. The maximum Gasteiger partial charge on any atom is 0.266 e. The minimum atomic E-state index is -0.190. The van der Waals surface area contributed by atoms with E-state index in [2.05, 4.69) is 4.98 Å².